The molecule has 1 saturated heterocycles. The van der Waals surface area contributed by atoms with Gasteiger partial charge in [0.15, 0.2) is 4.90 Å². The molecular weight excluding hydrogens is 318 g/mol. The normalized spacial score (nSPS) is 23.0. The quantitative estimate of drug-likeness (QED) is 0.644. The van der Waals surface area contributed by atoms with Crippen molar-refractivity contribution in [1.82, 2.24) is 10.0 Å². The van der Waals surface area contributed by atoms with E-state index in [4.69, 9.17) is 11.6 Å². The summed E-state index contributed by atoms with van der Waals surface area (Å²) in [5.74, 6) is 0. The van der Waals surface area contributed by atoms with Gasteiger partial charge in [-0.05, 0) is 38.4 Å². The molecule has 2 atom stereocenters. The summed E-state index contributed by atoms with van der Waals surface area (Å²) >= 11 is 5.69. The molecule has 0 spiro atoms. The van der Waals surface area contributed by atoms with Crippen LogP contribution in [0.5, 0.6) is 0 Å². The SMILES string of the molecule is CC1CC(NS(=O)(=O)c2ccc(Cl)cc2[N+](=O)[O-])CCN1. The topological polar surface area (TPSA) is 101 Å². The van der Waals surface area contributed by atoms with E-state index in [0.717, 1.165) is 12.1 Å². The van der Waals surface area contributed by atoms with Crippen LogP contribution in [0.25, 0.3) is 0 Å². The van der Waals surface area contributed by atoms with E-state index in [-0.39, 0.29) is 22.0 Å². The number of nitro benzene ring substituents is 1. The Bertz CT molecular complexity index is 650. The lowest BCUT2D eigenvalue weighted by atomic mass is 10.0. The molecule has 1 heterocycles. The molecule has 0 amide bonds. The number of hydrogen-bond donors (Lipinski definition) is 2. The molecule has 2 N–H and O–H groups in total. The van der Waals surface area contributed by atoms with Crippen LogP contribution in [0, 0.1) is 10.1 Å². The van der Waals surface area contributed by atoms with Gasteiger partial charge in [-0.3, -0.25) is 10.1 Å². The van der Waals surface area contributed by atoms with Crippen molar-refractivity contribution >= 4 is 27.3 Å². The first-order chi connectivity index (χ1) is 9.79. The van der Waals surface area contributed by atoms with Crippen molar-refractivity contribution in [2.45, 2.75) is 36.7 Å². The van der Waals surface area contributed by atoms with Gasteiger partial charge < -0.3 is 5.32 Å². The van der Waals surface area contributed by atoms with Crippen LogP contribution in [0.15, 0.2) is 23.1 Å². The van der Waals surface area contributed by atoms with Crippen LogP contribution >= 0.6 is 11.6 Å². The minimum atomic E-state index is -3.95. The highest BCUT2D eigenvalue weighted by atomic mass is 35.5. The molecule has 0 saturated carbocycles. The molecule has 1 aliphatic heterocycles. The van der Waals surface area contributed by atoms with Gasteiger partial charge in [-0.2, -0.15) is 0 Å². The molecular formula is C12H16ClN3O4S. The maximum Gasteiger partial charge on any atom is 0.290 e. The second kappa shape index (κ2) is 6.27. The molecule has 7 nitrogen and oxygen atoms in total. The molecule has 2 unspecified atom stereocenters. The van der Waals surface area contributed by atoms with Crippen molar-refractivity contribution in [3.05, 3.63) is 33.3 Å². The fourth-order valence-electron chi connectivity index (χ4n) is 2.38. The van der Waals surface area contributed by atoms with E-state index >= 15 is 0 Å². The van der Waals surface area contributed by atoms with Gasteiger partial charge in [0.2, 0.25) is 10.0 Å². The molecule has 1 fully saturated rings. The maximum absolute atomic E-state index is 12.4. The summed E-state index contributed by atoms with van der Waals surface area (Å²) in [5.41, 5.74) is -0.517. The van der Waals surface area contributed by atoms with Crippen molar-refractivity contribution < 1.29 is 13.3 Å². The molecule has 1 aromatic rings. The monoisotopic (exact) mass is 333 g/mol. The lowest BCUT2D eigenvalue weighted by molar-refractivity contribution is -0.387. The highest BCUT2D eigenvalue weighted by Crippen LogP contribution is 2.27. The number of nitrogens with zero attached hydrogens (tertiary/aromatic N) is 1. The van der Waals surface area contributed by atoms with Gasteiger partial charge in [0.1, 0.15) is 0 Å². The van der Waals surface area contributed by atoms with E-state index in [1.54, 1.807) is 0 Å². The number of piperidine rings is 1. The number of halogens is 1. The van der Waals surface area contributed by atoms with Crippen LogP contribution in [0.1, 0.15) is 19.8 Å². The number of sulfonamides is 1. The molecule has 116 valence electrons. The molecule has 0 bridgehead atoms. The van der Waals surface area contributed by atoms with Crippen LogP contribution in [0.2, 0.25) is 5.02 Å². The average Bonchev–Trinajstić information content (AvgIpc) is 2.37. The van der Waals surface area contributed by atoms with Crippen molar-refractivity contribution in [1.29, 1.82) is 0 Å². The first kappa shape index (κ1) is 16.2. The molecule has 9 heteroatoms. The first-order valence-electron chi connectivity index (χ1n) is 6.49. The van der Waals surface area contributed by atoms with Gasteiger partial charge in [-0.15, -0.1) is 0 Å². The highest BCUT2D eigenvalue weighted by molar-refractivity contribution is 7.89. The zero-order valence-corrected chi connectivity index (χ0v) is 12.9. The Labute approximate surface area is 127 Å². The Balaban J connectivity index is 2.29. The van der Waals surface area contributed by atoms with E-state index < -0.39 is 20.6 Å². The van der Waals surface area contributed by atoms with Gasteiger partial charge in [0.05, 0.1) is 4.92 Å². The lowest BCUT2D eigenvalue weighted by Crippen LogP contribution is -2.46. The van der Waals surface area contributed by atoms with Gasteiger partial charge in [-0.25, -0.2) is 13.1 Å². The van der Waals surface area contributed by atoms with Crippen LogP contribution in [-0.4, -0.2) is 32.0 Å². The minimum absolute atomic E-state index is 0.121. The zero-order valence-electron chi connectivity index (χ0n) is 11.4. The van der Waals surface area contributed by atoms with Gasteiger partial charge >= 0.3 is 0 Å². The van der Waals surface area contributed by atoms with E-state index in [2.05, 4.69) is 10.0 Å². The largest absolute Gasteiger partial charge is 0.314 e. The number of rotatable bonds is 4. The second-order valence-corrected chi connectivity index (χ2v) is 7.19. The third-order valence-electron chi connectivity index (χ3n) is 3.35. The number of hydrogen-bond acceptors (Lipinski definition) is 5. The van der Waals surface area contributed by atoms with Crippen LogP contribution in [-0.2, 0) is 10.0 Å². The Morgan fingerprint density at radius 3 is 2.81 bits per heavy atom. The minimum Gasteiger partial charge on any atom is -0.314 e. The van der Waals surface area contributed by atoms with Gasteiger partial charge in [-0.1, -0.05) is 11.6 Å². The third-order valence-corrected chi connectivity index (χ3v) is 5.16. The molecule has 0 radical (unpaired) electrons. The van der Waals surface area contributed by atoms with E-state index in [9.17, 15) is 18.5 Å². The fourth-order valence-corrected chi connectivity index (χ4v) is 3.98. The van der Waals surface area contributed by atoms with Crippen LogP contribution in [0.3, 0.4) is 0 Å². The summed E-state index contributed by atoms with van der Waals surface area (Å²) in [6, 6.07) is 3.50. The average molecular weight is 334 g/mol. The molecule has 2 rings (SSSR count). The molecule has 1 aliphatic rings. The predicted octanol–water partition coefficient (Wildman–Crippen LogP) is 1.67. The number of nitrogens with one attached hydrogen (secondary N) is 2. The summed E-state index contributed by atoms with van der Waals surface area (Å²) in [6.07, 6.45) is 1.28. The van der Waals surface area contributed by atoms with E-state index in [1.165, 1.54) is 6.07 Å². The highest BCUT2D eigenvalue weighted by Gasteiger charge is 2.29. The summed E-state index contributed by atoms with van der Waals surface area (Å²) in [6.45, 7) is 2.67. The smallest absolute Gasteiger partial charge is 0.290 e. The number of benzene rings is 1. The van der Waals surface area contributed by atoms with Crippen molar-refractivity contribution in [2.75, 3.05) is 6.54 Å². The fraction of sp³-hybridized carbons (Fsp3) is 0.500. The summed E-state index contributed by atoms with van der Waals surface area (Å²) in [7, 11) is -3.95. The standard InChI is InChI=1S/C12H16ClN3O4S/c1-8-6-10(4-5-14-8)15-21(19,20)12-3-2-9(13)7-11(12)16(17)18/h2-3,7-8,10,14-15H,4-6H2,1H3. The van der Waals surface area contributed by atoms with Crippen LogP contribution in [0.4, 0.5) is 5.69 Å². The Hall–Kier alpha value is -1.22. The van der Waals surface area contributed by atoms with E-state index in [0.29, 0.717) is 19.4 Å². The second-order valence-electron chi connectivity index (χ2n) is 5.07. The Morgan fingerprint density at radius 2 is 2.19 bits per heavy atom. The molecule has 0 aromatic heterocycles. The molecule has 0 aliphatic carbocycles. The summed E-state index contributed by atoms with van der Waals surface area (Å²) in [5, 5.41) is 14.3. The maximum atomic E-state index is 12.4. The van der Waals surface area contributed by atoms with Crippen molar-refractivity contribution in [3.63, 3.8) is 0 Å². The van der Waals surface area contributed by atoms with Crippen LogP contribution < -0.4 is 10.0 Å². The first-order valence-corrected chi connectivity index (χ1v) is 8.35. The molecule has 21 heavy (non-hydrogen) atoms. The van der Waals surface area contributed by atoms with Crippen molar-refractivity contribution in [3.8, 4) is 0 Å². The Morgan fingerprint density at radius 1 is 1.48 bits per heavy atom. The van der Waals surface area contributed by atoms with E-state index in [1.807, 2.05) is 6.92 Å². The lowest BCUT2D eigenvalue weighted by Gasteiger charge is -2.28. The molecule has 1 aromatic carbocycles. The van der Waals surface area contributed by atoms with Crippen molar-refractivity contribution in [2.24, 2.45) is 0 Å². The summed E-state index contributed by atoms with van der Waals surface area (Å²) < 4.78 is 27.3. The third kappa shape index (κ3) is 3.91. The van der Waals surface area contributed by atoms with Gasteiger partial charge in [0.25, 0.3) is 5.69 Å². The summed E-state index contributed by atoms with van der Waals surface area (Å²) in [4.78, 5) is 9.91. The zero-order chi connectivity index (χ0) is 15.6. The number of nitro groups is 1. The Kier molecular flexibility index (Phi) is 4.82. The predicted molar refractivity (Wildman–Crippen MR) is 78.9 cm³/mol. The van der Waals surface area contributed by atoms with Gasteiger partial charge in [0, 0.05) is 23.2 Å².